The van der Waals surface area contributed by atoms with Crippen LogP contribution in [-0.2, 0) is 21.2 Å². The average Bonchev–Trinajstić information content (AvgIpc) is 2.74. The van der Waals surface area contributed by atoms with Crippen molar-refractivity contribution in [1.29, 1.82) is 0 Å². The third-order valence-corrected chi connectivity index (χ3v) is 6.48. The first-order valence-corrected chi connectivity index (χ1v) is 11.9. The monoisotopic (exact) mass is 505 g/mol. The molecule has 0 radical (unpaired) electrons. The lowest BCUT2D eigenvalue weighted by Crippen LogP contribution is -2.61. The van der Waals surface area contributed by atoms with Gasteiger partial charge >= 0.3 is 6.18 Å². The number of carbonyl (C=O) groups excluding carboxylic acids is 1. The number of nitrogens with zero attached hydrogens (tertiary/aromatic N) is 4. The lowest BCUT2D eigenvalue weighted by Gasteiger charge is -2.37. The first-order valence-electron chi connectivity index (χ1n) is 9.84. The van der Waals surface area contributed by atoms with Crippen LogP contribution in [0.2, 0.25) is 0 Å². The molecule has 0 spiro atoms. The highest BCUT2D eigenvalue weighted by Crippen LogP contribution is 2.30. The fourth-order valence-corrected chi connectivity index (χ4v) is 3.88. The van der Waals surface area contributed by atoms with Gasteiger partial charge in [0.15, 0.2) is 21.5 Å². The van der Waals surface area contributed by atoms with Crippen LogP contribution in [0.15, 0.2) is 56.7 Å². The Labute approximate surface area is 194 Å². The first kappa shape index (κ1) is 26.5. The van der Waals surface area contributed by atoms with Gasteiger partial charge in [-0.2, -0.15) is 13.2 Å². The van der Waals surface area contributed by atoms with Crippen LogP contribution in [0, 0.1) is 0 Å². The maximum atomic E-state index is 13.7. The molecule has 1 saturated heterocycles. The predicted molar refractivity (Wildman–Crippen MR) is 119 cm³/mol. The lowest BCUT2D eigenvalue weighted by molar-refractivity contribution is -0.178. The van der Waals surface area contributed by atoms with Gasteiger partial charge in [-0.25, -0.2) is 13.4 Å². The van der Waals surface area contributed by atoms with E-state index in [9.17, 15) is 26.4 Å². The Bertz CT molecular complexity index is 1110. The summed E-state index contributed by atoms with van der Waals surface area (Å²) in [5.74, 6) is -1.81. The second-order valence-corrected chi connectivity index (χ2v) is 9.55. The minimum absolute atomic E-state index is 0.0359. The van der Waals surface area contributed by atoms with Crippen molar-refractivity contribution in [3.63, 3.8) is 0 Å². The molecule has 2 rings (SSSR count). The highest BCUT2D eigenvalue weighted by molar-refractivity contribution is 7.91. The standard InChI is InChI=1S/C20H23ClF3N5O3S/c1-5-15-18(27-12(4)21)29(16(6-2)20(22,23)24)19(30)17(28-15)26-10-13-8-9-14(11-25-13)33(31,32)7-3/h5,8-9,11,16H,4,6-7,10H2,1-3H3,(H,26,28)/b15-5+,27-18?/t16-/m1/s1. The number of amides is 1. The Morgan fingerprint density at radius 3 is 2.48 bits per heavy atom. The van der Waals surface area contributed by atoms with Crippen LogP contribution >= 0.6 is 11.6 Å². The number of sulfone groups is 1. The van der Waals surface area contributed by atoms with Crippen molar-refractivity contribution in [3.05, 3.63) is 47.5 Å². The van der Waals surface area contributed by atoms with Crippen molar-refractivity contribution in [3.8, 4) is 0 Å². The molecule has 1 atom stereocenters. The number of aliphatic imine (C=N–C) groups is 2. The van der Waals surface area contributed by atoms with Crippen LogP contribution in [0.25, 0.3) is 0 Å². The van der Waals surface area contributed by atoms with E-state index in [0.717, 1.165) is 0 Å². The van der Waals surface area contributed by atoms with Gasteiger partial charge in [0.25, 0.3) is 5.91 Å². The zero-order valence-corrected chi connectivity index (χ0v) is 19.7. The summed E-state index contributed by atoms with van der Waals surface area (Å²) < 4.78 is 64.9. The molecule has 1 aromatic rings. The summed E-state index contributed by atoms with van der Waals surface area (Å²) in [5, 5.41) is 2.38. The van der Waals surface area contributed by atoms with E-state index in [1.54, 1.807) is 6.92 Å². The summed E-state index contributed by atoms with van der Waals surface area (Å²) in [5.41, 5.74) is 0.410. The number of hydrogen-bond acceptors (Lipinski definition) is 6. The van der Waals surface area contributed by atoms with Gasteiger partial charge in [0, 0.05) is 6.20 Å². The molecule has 0 saturated carbocycles. The number of pyridine rings is 1. The molecule has 0 aromatic carbocycles. The molecule has 0 bridgehead atoms. The molecule has 1 N–H and O–H groups in total. The van der Waals surface area contributed by atoms with Crippen molar-refractivity contribution < 1.29 is 26.4 Å². The van der Waals surface area contributed by atoms with Crippen molar-refractivity contribution in [1.82, 2.24) is 15.2 Å². The summed E-state index contributed by atoms with van der Waals surface area (Å²) in [6.07, 6.45) is -2.56. The van der Waals surface area contributed by atoms with E-state index in [2.05, 4.69) is 26.9 Å². The van der Waals surface area contributed by atoms with Gasteiger partial charge in [-0.15, -0.1) is 0 Å². The number of rotatable bonds is 7. The summed E-state index contributed by atoms with van der Waals surface area (Å²) in [7, 11) is -3.44. The fourth-order valence-electron chi connectivity index (χ4n) is 2.98. The van der Waals surface area contributed by atoms with E-state index >= 15 is 0 Å². The third-order valence-electron chi connectivity index (χ3n) is 4.67. The topological polar surface area (TPSA) is 104 Å². The SMILES string of the molecule is C=C(Cl)N=C1/C(=C\C)NC(=NCc2ccc(S(=O)(=O)CC)cn2)C(=O)N1[C@H](CC)C(F)(F)F. The lowest BCUT2D eigenvalue weighted by atomic mass is 10.1. The summed E-state index contributed by atoms with van der Waals surface area (Å²) in [6.45, 7) is 7.54. The van der Waals surface area contributed by atoms with E-state index in [4.69, 9.17) is 11.6 Å². The Balaban J connectivity index is 2.45. The van der Waals surface area contributed by atoms with E-state index in [-0.39, 0.29) is 39.7 Å². The molecule has 8 nitrogen and oxygen atoms in total. The second kappa shape index (κ2) is 10.5. The third kappa shape index (κ3) is 6.20. The van der Waals surface area contributed by atoms with Crippen molar-refractivity contribution in [2.24, 2.45) is 9.98 Å². The molecule has 1 aromatic heterocycles. The minimum atomic E-state index is -4.73. The van der Waals surface area contributed by atoms with Crippen molar-refractivity contribution >= 4 is 39.0 Å². The fraction of sp³-hybridized carbons (Fsp3) is 0.400. The Morgan fingerprint density at radius 1 is 1.36 bits per heavy atom. The molecule has 1 aliphatic heterocycles. The molecule has 33 heavy (non-hydrogen) atoms. The first-order chi connectivity index (χ1) is 15.3. The molecule has 1 fully saturated rings. The molecular formula is C20H23ClF3N5O3S. The maximum Gasteiger partial charge on any atom is 0.409 e. The molecule has 13 heteroatoms. The number of nitrogens with one attached hydrogen (secondary N) is 1. The van der Waals surface area contributed by atoms with Crippen LogP contribution in [0.3, 0.4) is 0 Å². The van der Waals surface area contributed by atoms with Gasteiger partial charge in [-0.05, 0) is 25.5 Å². The molecule has 1 aliphatic rings. The van der Waals surface area contributed by atoms with Crippen LogP contribution in [0.4, 0.5) is 13.2 Å². The van der Waals surface area contributed by atoms with Crippen LogP contribution in [0.1, 0.15) is 32.9 Å². The number of carbonyl (C=O) groups is 1. The molecule has 180 valence electrons. The molecule has 1 amide bonds. The smallest absolute Gasteiger partial charge is 0.333 e. The molecule has 0 unspecified atom stereocenters. The maximum absolute atomic E-state index is 13.7. The summed E-state index contributed by atoms with van der Waals surface area (Å²) in [6, 6.07) is 0.608. The Morgan fingerprint density at radius 2 is 2.03 bits per heavy atom. The van der Waals surface area contributed by atoms with Gasteiger partial charge in [-0.3, -0.25) is 19.7 Å². The molecule has 2 heterocycles. The zero-order valence-electron chi connectivity index (χ0n) is 18.1. The van der Waals surface area contributed by atoms with Crippen LogP contribution in [0.5, 0.6) is 0 Å². The van der Waals surface area contributed by atoms with Crippen LogP contribution < -0.4 is 5.32 Å². The van der Waals surface area contributed by atoms with Crippen LogP contribution in [-0.4, -0.2) is 53.9 Å². The average molecular weight is 506 g/mol. The summed E-state index contributed by atoms with van der Waals surface area (Å²) >= 11 is 5.70. The van der Waals surface area contributed by atoms with Gasteiger partial charge in [0.05, 0.1) is 28.6 Å². The van der Waals surface area contributed by atoms with Gasteiger partial charge in [-0.1, -0.05) is 38.1 Å². The van der Waals surface area contributed by atoms with Crippen molar-refractivity contribution in [2.45, 2.75) is 50.9 Å². The highest BCUT2D eigenvalue weighted by atomic mass is 35.5. The zero-order chi connectivity index (χ0) is 25.0. The normalized spacial score (nSPS) is 19.8. The van der Waals surface area contributed by atoms with E-state index in [1.807, 2.05) is 0 Å². The number of alkyl halides is 3. The Kier molecular flexibility index (Phi) is 8.41. The van der Waals surface area contributed by atoms with Gasteiger partial charge in [0.2, 0.25) is 0 Å². The highest BCUT2D eigenvalue weighted by Gasteiger charge is 2.49. The predicted octanol–water partition coefficient (Wildman–Crippen LogP) is 3.56. The number of amidine groups is 2. The quantitative estimate of drug-likeness (QED) is 0.571. The van der Waals surface area contributed by atoms with Crippen molar-refractivity contribution in [2.75, 3.05) is 5.75 Å². The summed E-state index contributed by atoms with van der Waals surface area (Å²) in [4.78, 5) is 25.5. The van der Waals surface area contributed by atoms with E-state index in [1.165, 1.54) is 38.3 Å². The Hall–Kier alpha value is -2.73. The molecule has 0 aliphatic carbocycles. The minimum Gasteiger partial charge on any atom is -0.333 e. The number of piperazine rings is 1. The van der Waals surface area contributed by atoms with Gasteiger partial charge < -0.3 is 5.32 Å². The number of hydrogen-bond donors (Lipinski definition) is 1. The number of aromatic nitrogens is 1. The largest absolute Gasteiger partial charge is 0.409 e. The van der Waals surface area contributed by atoms with E-state index in [0.29, 0.717) is 10.6 Å². The molecular weight excluding hydrogens is 483 g/mol. The number of allylic oxidation sites excluding steroid dienone is 1. The van der Waals surface area contributed by atoms with Gasteiger partial charge in [0.1, 0.15) is 11.2 Å². The van der Waals surface area contributed by atoms with E-state index < -0.39 is 34.4 Å². The number of halogens is 4. The second-order valence-electron chi connectivity index (χ2n) is 6.83.